The van der Waals surface area contributed by atoms with Crippen LogP contribution in [-0.4, -0.2) is 38.3 Å². The van der Waals surface area contributed by atoms with Gasteiger partial charge >= 0.3 is 0 Å². The molecule has 1 aliphatic heterocycles. The standard InChI is InChI=1S/C18H28N2O2S/c1-14(19-18(21)15-6-3-2-4-7-15)17(16-8-5-13-23-16)20-9-11-22-12-10-20/h5,8,13-15,17H,2-4,6-7,9-12H2,1H3,(H,19,21)/p+1/t14-,17-/m1/s1. The highest BCUT2D eigenvalue weighted by Crippen LogP contribution is 2.25. The first kappa shape index (κ1) is 16.9. The second-order valence-electron chi connectivity index (χ2n) is 6.90. The Balaban J connectivity index is 1.67. The molecule has 1 aromatic rings. The van der Waals surface area contributed by atoms with Gasteiger partial charge in [-0.2, -0.15) is 0 Å². The lowest BCUT2D eigenvalue weighted by Crippen LogP contribution is -3.15. The van der Waals surface area contributed by atoms with E-state index < -0.39 is 0 Å². The van der Waals surface area contributed by atoms with Crippen LogP contribution in [0.2, 0.25) is 0 Å². The second kappa shape index (κ2) is 8.27. The summed E-state index contributed by atoms with van der Waals surface area (Å²) in [4.78, 5) is 15.5. The van der Waals surface area contributed by atoms with Crippen LogP contribution in [0.15, 0.2) is 17.5 Å². The van der Waals surface area contributed by atoms with Gasteiger partial charge in [-0.3, -0.25) is 4.79 Å². The third-order valence-electron chi connectivity index (χ3n) is 5.27. The third kappa shape index (κ3) is 4.34. The van der Waals surface area contributed by atoms with Gasteiger partial charge in [0.25, 0.3) is 0 Å². The van der Waals surface area contributed by atoms with Crippen LogP contribution in [0, 0.1) is 5.92 Å². The van der Waals surface area contributed by atoms with Crippen LogP contribution in [0.25, 0.3) is 0 Å². The van der Waals surface area contributed by atoms with E-state index in [1.807, 2.05) is 0 Å². The molecule has 128 valence electrons. The third-order valence-corrected chi connectivity index (χ3v) is 6.23. The van der Waals surface area contributed by atoms with Crippen molar-refractivity contribution in [2.75, 3.05) is 26.3 Å². The summed E-state index contributed by atoms with van der Waals surface area (Å²) in [6.45, 7) is 5.85. The molecule has 4 nitrogen and oxygen atoms in total. The van der Waals surface area contributed by atoms with Crippen molar-refractivity contribution in [1.29, 1.82) is 0 Å². The molecule has 2 fully saturated rings. The second-order valence-corrected chi connectivity index (χ2v) is 7.88. The molecule has 0 spiro atoms. The molecule has 2 N–H and O–H groups in total. The Hall–Kier alpha value is -0.910. The van der Waals surface area contributed by atoms with Gasteiger partial charge in [0.15, 0.2) is 0 Å². The van der Waals surface area contributed by atoms with Gasteiger partial charge < -0.3 is 15.0 Å². The molecular weight excluding hydrogens is 308 g/mol. The van der Waals surface area contributed by atoms with Crippen LogP contribution in [0.3, 0.4) is 0 Å². The lowest BCUT2D eigenvalue weighted by atomic mass is 9.88. The highest BCUT2D eigenvalue weighted by molar-refractivity contribution is 7.10. The van der Waals surface area contributed by atoms with E-state index in [0.717, 1.165) is 39.1 Å². The summed E-state index contributed by atoms with van der Waals surface area (Å²) in [6.07, 6.45) is 5.82. The molecule has 23 heavy (non-hydrogen) atoms. The summed E-state index contributed by atoms with van der Waals surface area (Å²) in [6, 6.07) is 4.83. The van der Waals surface area contributed by atoms with Crippen molar-refractivity contribution in [3.8, 4) is 0 Å². The van der Waals surface area contributed by atoms with Gasteiger partial charge in [0, 0.05) is 5.92 Å². The number of rotatable bonds is 5. The molecule has 1 saturated carbocycles. The fourth-order valence-corrected chi connectivity index (χ4v) is 4.99. The van der Waals surface area contributed by atoms with E-state index in [4.69, 9.17) is 4.74 Å². The minimum atomic E-state index is 0.163. The molecule has 1 saturated heterocycles. The molecule has 2 atom stereocenters. The van der Waals surface area contributed by atoms with Crippen molar-refractivity contribution in [1.82, 2.24) is 5.32 Å². The van der Waals surface area contributed by atoms with Crippen molar-refractivity contribution in [2.24, 2.45) is 5.92 Å². The molecule has 0 unspecified atom stereocenters. The molecule has 0 aromatic carbocycles. The van der Waals surface area contributed by atoms with Gasteiger partial charge in [-0.1, -0.05) is 25.3 Å². The molecule has 3 rings (SSSR count). The largest absolute Gasteiger partial charge is 0.370 e. The zero-order valence-electron chi connectivity index (χ0n) is 14.1. The first-order valence-electron chi connectivity index (χ1n) is 9.02. The van der Waals surface area contributed by atoms with E-state index in [9.17, 15) is 4.79 Å². The predicted molar refractivity (Wildman–Crippen MR) is 92.8 cm³/mol. The lowest BCUT2D eigenvalue weighted by Gasteiger charge is -2.35. The van der Waals surface area contributed by atoms with Gasteiger partial charge in [0.05, 0.1) is 24.1 Å². The van der Waals surface area contributed by atoms with Gasteiger partial charge in [-0.25, -0.2) is 0 Å². The SMILES string of the molecule is C[C@@H](NC(=O)C1CCCCC1)[C@H](c1cccs1)[NH+]1CCOCC1. The Morgan fingerprint density at radius 1 is 1.30 bits per heavy atom. The van der Waals surface area contributed by atoms with E-state index in [2.05, 4.69) is 29.8 Å². The molecule has 0 radical (unpaired) electrons. The number of nitrogens with one attached hydrogen (secondary N) is 2. The van der Waals surface area contributed by atoms with Crippen LogP contribution in [-0.2, 0) is 9.53 Å². The number of ether oxygens (including phenoxy) is 1. The lowest BCUT2D eigenvalue weighted by molar-refractivity contribution is -0.939. The summed E-state index contributed by atoms with van der Waals surface area (Å²) >= 11 is 1.80. The maximum absolute atomic E-state index is 12.6. The van der Waals surface area contributed by atoms with E-state index in [1.165, 1.54) is 29.0 Å². The summed E-state index contributed by atoms with van der Waals surface area (Å²) in [7, 11) is 0. The normalized spacial score (nSPS) is 23.3. The Kier molecular flexibility index (Phi) is 6.08. The van der Waals surface area contributed by atoms with Gasteiger partial charge in [-0.05, 0) is 31.2 Å². The van der Waals surface area contributed by atoms with Crippen molar-refractivity contribution < 1.29 is 14.4 Å². The average Bonchev–Trinajstić information content (AvgIpc) is 3.11. The Labute approximate surface area is 143 Å². The van der Waals surface area contributed by atoms with Crippen molar-refractivity contribution >= 4 is 17.2 Å². The minimum Gasteiger partial charge on any atom is -0.370 e. The minimum absolute atomic E-state index is 0.163. The molecular formula is C18H29N2O2S+. The zero-order chi connectivity index (χ0) is 16.1. The number of thiophene rings is 1. The van der Waals surface area contributed by atoms with Crippen LogP contribution < -0.4 is 10.2 Å². The van der Waals surface area contributed by atoms with Crippen LogP contribution >= 0.6 is 11.3 Å². The number of morpholine rings is 1. The van der Waals surface area contributed by atoms with Gasteiger partial charge in [0.1, 0.15) is 19.1 Å². The van der Waals surface area contributed by atoms with Gasteiger partial charge in [-0.15, -0.1) is 11.3 Å². The Bertz CT molecular complexity index is 479. The topological polar surface area (TPSA) is 42.8 Å². The van der Waals surface area contributed by atoms with E-state index in [0.29, 0.717) is 6.04 Å². The molecule has 1 aliphatic carbocycles. The number of carbonyl (C=O) groups excluding carboxylic acids is 1. The fraction of sp³-hybridized carbons (Fsp3) is 0.722. The number of hydrogen-bond donors (Lipinski definition) is 2. The summed E-state index contributed by atoms with van der Waals surface area (Å²) in [5.74, 6) is 0.501. The predicted octanol–water partition coefficient (Wildman–Crippen LogP) is 1.79. The Morgan fingerprint density at radius 3 is 2.70 bits per heavy atom. The van der Waals surface area contributed by atoms with Crippen molar-refractivity contribution in [2.45, 2.75) is 51.1 Å². The first-order valence-corrected chi connectivity index (χ1v) is 9.90. The molecule has 2 aliphatic rings. The highest BCUT2D eigenvalue weighted by atomic mass is 32.1. The monoisotopic (exact) mass is 337 g/mol. The van der Waals surface area contributed by atoms with Gasteiger partial charge in [0.2, 0.25) is 5.91 Å². The van der Waals surface area contributed by atoms with Crippen LogP contribution in [0.5, 0.6) is 0 Å². The molecule has 5 heteroatoms. The molecule has 2 heterocycles. The molecule has 0 bridgehead atoms. The smallest absolute Gasteiger partial charge is 0.223 e. The number of carbonyl (C=O) groups is 1. The number of amides is 1. The summed E-state index contributed by atoms with van der Waals surface area (Å²) < 4.78 is 5.52. The summed E-state index contributed by atoms with van der Waals surface area (Å²) in [5, 5.41) is 5.48. The van der Waals surface area contributed by atoms with E-state index in [1.54, 1.807) is 11.3 Å². The number of hydrogen-bond acceptors (Lipinski definition) is 3. The summed E-state index contributed by atoms with van der Waals surface area (Å²) in [5.41, 5.74) is 0. The maximum atomic E-state index is 12.6. The van der Waals surface area contributed by atoms with E-state index in [-0.39, 0.29) is 17.9 Å². The fourth-order valence-electron chi connectivity index (χ4n) is 4.00. The maximum Gasteiger partial charge on any atom is 0.223 e. The highest BCUT2D eigenvalue weighted by Gasteiger charge is 2.34. The van der Waals surface area contributed by atoms with Crippen molar-refractivity contribution in [3.05, 3.63) is 22.4 Å². The average molecular weight is 338 g/mol. The first-order chi connectivity index (χ1) is 11.3. The number of quaternary nitrogens is 1. The van der Waals surface area contributed by atoms with E-state index >= 15 is 0 Å². The van der Waals surface area contributed by atoms with Crippen LogP contribution in [0.1, 0.15) is 49.9 Å². The van der Waals surface area contributed by atoms with Crippen LogP contribution in [0.4, 0.5) is 0 Å². The Morgan fingerprint density at radius 2 is 2.04 bits per heavy atom. The molecule has 1 amide bonds. The quantitative estimate of drug-likeness (QED) is 0.860. The molecule has 1 aromatic heterocycles. The van der Waals surface area contributed by atoms with Crippen molar-refractivity contribution in [3.63, 3.8) is 0 Å². The zero-order valence-corrected chi connectivity index (χ0v) is 14.9.